The Morgan fingerprint density at radius 1 is 1.07 bits per heavy atom. The monoisotopic (exact) mass is 596 g/mol. The standard InChI is InChI=1S/C35H36N2O7/c1-19-27(33(35(41)42)37-32(19)30(20(2)38)34(37)40)18-44-28-10-6-9-23-26(16-29(39)43-4)25-15-21(11-12-24(25)31(23)28)7-5-8-22-13-14-36(3)17-22/h6,9-17,19-20,30,32,38H,5,7-8,18H2,1-4H3,(H,41,42)/t19-,20?,30?,32?/m0/s1. The molecule has 0 spiro atoms. The number of rotatable bonds is 10. The molecule has 1 fully saturated rings. The first-order chi connectivity index (χ1) is 21.1. The van der Waals surface area contributed by atoms with Crippen LogP contribution >= 0.6 is 0 Å². The number of amides is 1. The number of nitrogens with zero attached hydrogens (tertiary/aromatic N) is 2. The minimum absolute atomic E-state index is 0.0327. The zero-order valence-corrected chi connectivity index (χ0v) is 25.2. The summed E-state index contributed by atoms with van der Waals surface area (Å²) in [5.74, 6) is -2.42. The van der Waals surface area contributed by atoms with Gasteiger partial charge < -0.3 is 29.2 Å². The molecule has 3 heterocycles. The Kier molecular flexibility index (Phi) is 7.67. The number of hydrogen-bond donors (Lipinski definition) is 2. The van der Waals surface area contributed by atoms with Crippen molar-refractivity contribution in [2.45, 2.75) is 45.3 Å². The summed E-state index contributed by atoms with van der Waals surface area (Å²) in [6.07, 6.45) is 7.63. The fourth-order valence-electron chi connectivity index (χ4n) is 7.01. The molecule has 228 valence electrons. The molecule has 1 saturated heterocycles. The lowest BCUT2D eigenvalue weighted by Gasteiger charge is -2.46. The van der Waals surface area contributed by atoms with Crippen LogP contribution in [0.5, 0.6) is 5.75 Å². The van der Waals surface area contributed by atoms with E-state index in [0.29, 0.717) is 11.3 Å². The van der Waals surface area contributed by atoms with E-state index in [1.165, 1.54) is 23.6 Å². The summed E-state index contributed by atoms with van der Waals surface area (Å²) in [5.41, 5.74) is 7.10. The number of aliphatic hydroxyl groups excluding tert-OH is 1. The SMILES string of the molecule is COC(=O)C=C1c2cc(CCCc3ccn(C)c3)ccc2-c2c(OCC3=C(C(=O)O)N4C(=O)C(C(C)O)C4[C@H]3C)cccc21. The van der Waals surface area contributed by atoms with Crippen molar-refractivity contribution >= 4 is 23.4 Å². The molecule has 0 radical (unpaired) electrons. The van der Waals surface area contributed by atoms with Gasteiger partial charge in [0.1, 0.15) is 18.1 Å². The van der Waals surface area contributed by atoms with Gasteiger partial charge in [0, 0.05) is 42.6 Å². The number of carbonyl (C=O) groups excluding carboxylic acids is 2. The first-order valence-electron chi connectivity index (χ1n) is 14.9. The third-order valence-corrected chi connectivity index (χ3v) is 9.15. The average Bonchev–Trinajstić information content (AvgIpc) is 3.62. The molecule has 44 heavy (non-hydrogen) atoms. The summed E-state index contributed by atoms with van der Waals surface area (Å²) in [5, 5.41) is 20.2. The maximum atomic E-state index is 12.8. The number of fused-ring (bicyclic) bond motifs is 4. The Morgan fingerprint density at radius 2 is 1.84 bits per heavy atom. The Hall–Kier alpha value is -4.63. The molecule has 2 N–H and O–H groups in total. The number of esters is 1. The molecule has 1 aliphatic carbocycles. The summed E-state index contributed by atoms with van der Waals surface area (Å²) in [7, 11) is 3.36. The van der Waals surface area contributed by atoms with Gasteiger partial charge in [0.15, 0.2) is 0 Å². The van der Waals surface area contributed by atoms with Gasteiger partial charge in [0.05, 0.1) is 25.2 Å². The lowest BCUT2D eigenvalue weighted by Crippen LogP contribution is -2.63. The predicted molar refractivity (Wildman–Crippen MR) is 164 cm³/mol. The van der Waals surface area contributed by atoms with Gasteiger partial charge in [0.25, 0.3) is 0 Å². The number of aryl methyl sites for hydroxylation is 3. The molecule has 4 atom stereocenters. The summed E-state index contributed by atoms with van der Waals surface area (Å²) < 4.78 is 13.4. The van der Waals surface area contributed by atoms with Crippen LogP contribution < -0.4 is 4.74 Å². The van der Waals surface area contributed by atoms with E-state index in [9.17, 15) is 24.6 Å². The largest absolute Gasteiger partial charge is 0.488 e. The zero-order chi connectivity index (χ0) is 31.3. The van der Waals surface area contributed by atoms with E-state index >= 15 is 0 Å². The van der Waals surface area contributed by atoms with Gasteiger partial charge in [-0.1, -0.05) is 37.3 Å². The molecule has 1 aromatic heterocycles. The van der Waals surface area contributed by atoms with Crippen LogP contribution in [0, 0.1) is 11.8 Å². The highest BCUT2D eigenvalue weighted by Crippen LogP contribution is 2.50. The number of carboxylic acid groups (broad SMARTS) is 1. The minimum atomic E-state index is -1.19. The summed E-state index contributed by atoms with van der Waals surface area (Å²) in [4.78, 5) is 38.8. The van der Waals surface area contributed by atoms with Gasteiger partial charge >= 0.3 is 11.9 Å². The number of aliphatic carboxylic acids is 1. The molecule has 9 heteroatoms. The number of carbonyl (C=O) groups is 3. The first-order valence-corrected chi connectivity index (χ1v) is 14.9. The second-order valence-electron chi connectivity index (χ2n) is 11.9. The van der Waals surface area contributed by atoms with E-state index in [4.69, 9.17) is 9.47 Å². The number of ether oxygens (including phenoxy) is 2. The second kappa shape index (κ2) is 11.5. The summed E-state index contributed by atoms with van der Waals surface area (Å²) >= 11 is 0. The van der Waals surface area contributed by atoms with Gasteiger partial charge in [-0.25, -0.2) is 9.59 Å². The Bertz CT molecular complexity index is 1730. The minimum Gasteiger partial charge on any atom is -0.488 e. The second-order valence-corrected chi connectivity index (χ2v) is 11.9. The summed E-state index contributed by atoms with van der Waals surface area (Å²) in [6, 6.07) is 13.6. The average molecular weight is 597 g/mol. The van der Waals surface area contributed by atoms with Crippen LogP contribution in [0.15, 0.2) is 72.2 Å². The highest BCUT2D eigenvalue weighted by atomic mass is 16.5. The van der Waals surface area contributed by atoms with Gasteiger partial charge in [-0.2, -0.15) is 0 Å². The molecule has 2 aromatic carbocycles. The fourth-order valence-corrected chi connectivity index (χ4v) is 7.01. The van der Waals surface area contributed by atoms with Crippen molar-refractivity contribution in [2.24, 2.45) is 18.9 Å². The molecule has 9 nitrogen and oxygen atoms in total. The number of carboxylic acids is 1. The number of aliphatic hydroxyl groups is 1. The summed E-state index contributed by atoms with van der Waals surface area (Å²) in [6.45, 7) is 3.39. The zero-order valence-electron chi connectivity index (χ0n) is 25.2. The van der Waals surface area contributed by atoms with E-state index in [1.54, 1.807) is 6.92 Å². The molecule has 1 amide bonds. The van der Waals surface area contributed by atoms with Gasteiger partial charge in [0.2, 0.25) is 5.91 Å². The van der Waals surface area contributed by atoms with Crippen molar-refractivity contribution in [3.05, 3.63) is 94.5 Å². The van der Waals surface area contributed by atoms with Crippen LogP contribution in [-0.4, -0.2) is 63.4 Å². The van der Waals surface area contributed by atoms with Crippen LogP contribution in [0.2, 0.25) is 0 Å². The van der Waals surface area contributed by atoms with Crippen LogP contribution in [0.4, 0.5) is 0 Å². The van der Waals surface area contributed by atoms with Crippen LogP contribution in [0.3, 0.4) is 0 Å². The number of hydrogen-bond acceptors (Lipinski definition) is 6. The smallest absolute Gasteiger partial charge is 0.352 e. The molecular formula is C35H36N2O7. The lowest BCUT2D eigenvalue weighted by atomic mass is 9.78. The highest BCUT2D eigenvalue weighted by molar-refractivity contribution is 6.08. The number of methoxy groups -OCH3 is 1. The van der Waals surface area contributed by atoms with E-state index in [-0.39, 0.29) is 24.1 Å². The van der Waals surface area contributed by atoms with Crippen molar-refractivity contribution in [3.8, 4) is 16.9 Å². The Balaban J connectivity index is 1.30. The molecule has 0 saturated carbocycles. The third kappa shape index (κ3) is 4.91. The van der Waals surface area contributed by atoms with E-state index in [1.807, 2.05) is 42.9 Å². The Morgan fingerprint density at radius 3 is 2.52 bits per heavy atom. The van der Waals surface area contributed by atoms with Crippen molar-refractivity contribution in [2.75, 3.05) is 13.7 Å². The molecule has 0 bridgehead atoms. The maximum absolute atomic E-state index is 12.8. The normalized spacial score (nSPS) is 21.6. The number of benzene rings is 2. The van der Waals surface area contributed by atoms with Crippen molar-refractivity contribution in [1.82, 2.24) is 9.47 Å². The van der Waals surface area contributed by atoms with Crippen molar-refractivity contribution in [3.63, 3.8) is 0 Å². The molecule has 6 rings (SSSR count). The first kappa shape index (κ1) is 29.4. The van der Waals surface area contributed by atoms with Crippen LogP contribution in [0.25, 0.3) is 16.7 Å². The van der Waals surface area contributed by atoms with Crippen LogP contribution in [0.1, 0.15) is 42.5 Å². The van der Waals surface area contributed by atoms with Crippen molar-refractivity contribution in [1.29, 1.82) is 0 Å². The fraction of sp³-hybridized carbons (Fsp3) is 0.343. The predicted octanol–water partition coefficient (Wildman–Crippen LogP) is 4.36. The lowest BCUT2D eigenvalue weighted by molar-refractivity contribution is -0.163. The molecular weight excluding hydrogens is 560 g/mol. The molecule has 3 aliphatic rings. The Labute approximate surface area is 256 Å². The van der Waals surface area contributed by atoms with Crippen LogP contribution in [-0.2, 0) is 39.0 Å². The van der Waals surface area contributed by atoms with Crippen molar-refractivity contribution < 1.29 is 34.1 Å². The topological polar surface area (TPSA) is 118 Å². The highest BCUT2D eigenvalue weighted by Gasteiger charge is 2.59. The number of aromatic nitrogens is 1. The van der Waals surface area contributed by atoms with E-state index in [2.05, 4.69) is 30.5 Å². The number of β-lactam (4-membered cyclic amide) rings is 1. The molecule has 2 aliphatic heterocycles. The maximum Gasteiger partial charge on any atom is 0.352 e. The molecule has 3 unspecified atom stereocenters. The van der Waals surface area contributed by atoms with Gasteiger partial charge in [-0.05, 0) is 71.7 Å². The van der Waals surface area contributed by atoms with E-state index in [0.717, 1.165) is 52.7 Å². The van der Waals surface area contributed by atoms with Gasteiger partial charge in [-0.3, -0.25) is 4.79 Å². The van der Waals surface area contributed by atoms with E-state index < -0.39 is 30.0 Å². The quantitative estimate of drug-likeness (QED) is 0.159. The third-order valence-electron chi connectivity index (χ3n) is 9.15. The van der Waals surface area contributed by atoms with Gasteiger partial charge in [-0.15, -0.1) is 0 Å². The molecule has 3 aromatic rings.